The number of benzene rings is 2. The zero-order valence-corrected chi connectivity index (χ0v) is 19.6. The van der Waals surface area contributed by atoms with E-state index in [1.54, 1.807) is 4.57 Å². The second kappa shape index (κ2) is 10.2. The maximum atomic E-state index is 13.3. The lowest BCUT2D eigenvalue weighted by atomic mass is 10.2. The first-order valence-corrected chi connectivity index (χ1v) is 11.8. The maximum absolute atomic E-state index is 13.3. The van der Waals surface area contributed by atoms with E-state index < -0.39 is 0 Å². The lowest BCUT2D eigenvalue weighted by Gasteiger charge is -2.21. The molecule has 5 nitrogen and oxygen atoms in total. The second-order valence-electron chi connectivity index (χ2n) is 6.70. The van der Waals surface area contributed by atoms with Crippen molar-refractivity contribution in [1.82, 2.24) is 14.5 Å². The lowest BCUT2D eigenvalue weighted by Crippen LogP contribution is -2.34. The number of carbonyl (C=O) groups is 1. The number of rotatable bonds is 8. The summed E-state index contributed by atoms with van der Waals surface area (Å²) in [4.78, 5) is 32.6. The first-order valence-electron chi connectivity index (χ1n) is 9.73. The molecule has 0 aliphatic heterocycles. The van der Waals surface area contributed by atoms with Crippen LogP contribution in [0.4, 0.5) is 0 Å². The molecule has 3 rings (SSSR count). The molecule has 3 aromatic rings. The fourth-order valence-corrected chi connectivity index (χ4v) is 4.56. The third kappa shape index (κ3) is 5.19. The van der Waals surface area contributed by atoms with Crippen LogP contribution in [0.15, 0.2) is 58.5 Å². The number of halogens is 1. The Hall–Kier alpha value is -1.87. The fraction of sp³-hybridized carbons (Fsp3) is 0.318. The van der Waals surface area contributed by atoms with Crippen molar-refractivity contribution in [2.45, 2.75) is 31.8 Å². The molecule has 29 heavy (non-hydrogen) atoms. The van der Waals surface area contributed by atoms with Gasteiger partial charge in [0, 0.05) is 16.7 Å². The molecule has 0 saturated heterocycles. The molecule has 0 aliphatic rings. The minimum Gasteiger partial charge on any atom is -0.342 e. The van der Waals surface area contributed by atoms with Crippen LogP contribution < -0.4 is 5.56 Å². The molecule has 0 aliphatic carbocycles. The Morgan fingerprint density at radius 1 is 1.10 bits per heavy atom. The molecule has 0 unspecified atom stereocenters. The molecule has 0 radical (unpaired) electrons. The summed E-state index contributed by atoms with van der Waals surface area (Å²) in [5.41, 5.74) is 1.28. The summed E-state index contributed by atoms with van der Waals surface area (Å²) in [5, 5.41) is 1.12. The number of amides is 1. The van der Waals surface area contributed by atoms with Crippen LogP contribution in [0.3, 0.4) is 0 Å². The first-order chi connectivity index (χ1) is 14.0. The van der Waals surface area contributed by atoms with Gasteiger partial charge in [-0.05, 0) is 65.8 Å². The summed E-state index contributed by atoms with van der Waals surface area (Å²) in [5.74, 6) is 0.338. The third-order valence-corrected chi connectivity index (χ3v) is 6.07. The van der Waals surface area contributed by atoms with Gasteiger partial charge in [0.15, 0.2) is 5.16 Å². The van der Waals surface area contributed by atoms with Gasteiger partial charge in [0.25, 0.3) is 5.56 Å². The summed E-state index contributed by atoms with van der Waals surface area (Å²) in [6, 6.07) is 15.1. The van der Waals surface area contributed by atoms with E-state index in [1.807, 2.05) is 53.4 Å². The predicted molar refractivity (Wildman–Crippen MR) is 128 cm³/mol. The standard InChI is InChI=1S/C22H24IN3O2S/c1-3-12-25(13-4-2)20(27)15-29-22-24-19-11-10-16(23)14-18(19)21(28)26(22)17-8-6-5-7-9-17/h5-11,14H,3-4,12-13,15H2,1-2H3. The number of para-hydroxylation sites is 1. The van der Waals surface area contributed by atoms with Gasteiger partial charge in [-0.1, -0.05) is 43.8 Å². The number of nitrogens with zero attached hydrogens (tertiary/aromatic N) is 3. The van der Waals surface area contributed by atoms with Crippen molar-refractivity contribution < 1.29 is 4.79 Å². The number of fused-ring (bicyclic) bond motifs is 1. The Balaban J connectivity index is 2.01. The van der Waals surface area contributed by atoms with E-state index in [0.29, 0.717) is 16.1 Å². The van der Waals surface area contributed by atoms with Gasteiger partial charge in [0.2, 0.25) is 5.91 Å². The molecule has 0 saturated carbocycles. The maximum Gasteiger partial charge on any atom is 0.266 e. The largest absolute Gasteiger partial charge is 0.342 e. The van der Waals surface area contributed by atoms with Crippen LogP contribution in [0.1, 0.15) is 26.7 Å². The lowest BCUT2D eigenvalue weighted by molar-refractivity contribution is -0.128. The van der Waals surface area contributed by atoms with Crippen LogP contribution in [-0.4, -0.2) is 39.2 Å². The van der Waals surface area contributed by atoms with Crippen molar-refractivity contribution in [1.29, 1.82) is 0 Å². The van der Waals surface area contributed by atoms with E-state index in [-0.39, 0.29) is 17.2 Å². The fourth-order valence-electron chi connectivity index (χ4n) is 3.16. The number of carbonyl (C=O) groups excluding carboxylic acids is 1. The van der Waals surface area contributed by atoms with Gasteiger partial charge < -0.3 is 4.90 Å². The van der Waals surface area contributed by atoms with Gasteiger partial charge in [-0.2, -0.15) is 0 Å². The summed E-state index contributed by atoms with van der Waals surface area (Å²) in [6.45, 7) is 5.65. The molecular formula is C22H24IN3O2S. The highest BCUT2D eigenvalue weighted by Gasteiger charge is 2.17. The first kappa shape index (κ1) is 21.8. The van der Waals surface area contributed by atoms with Gasteiger partial charge in [-0.15, -0.1) is 0 Å². The van der Waals surface area contributed by atoms with E-state index >= 15 is 0 Å². The highest BCUT2D eigenvalue weighted by atomic mass is 127. The summed E-state index contributed by atoms with van der Waals surface area (Å²) >= 11 is 3.52. The minimum absolute atomic E-state index is 0.0790. The smallest absolute Gasteiger partial charge is 0.266 e. The Morgan fingerprint density at radius 2 is 1.79 bits per heavy atom. The molecule has 2 aromatic carbocycles. The van der Waals surface area contributed by atoms with Crippen molar-refractivity contribution in [3.8, 4) is 5.69 Å². The van der Waals surface area contributed by atoms with E-state index in [1.165, 1.54) is 11.8 Å². The Labute approximate surface area is 188 Å². The molecule has 1 amide bonds. The molecule has 0 fully saturated rings. The predicted octanol–water partition coefficient (Wildman–Crippen LogP) is 4.73. The number of hydrogen-bond donors (Lipinski definition) is 0. The van der Waals surface area contributed by atoms with Crippen LogP contribution in [-0.2, 0) is 4.79 Å². The monoisotopic (exact) mass is 521 g/mol. The number of aromatic nitrogens is 2. The summed E-state index contributed by atoms with van der Waals surface area (Å²) in [6.07, 6.45) is 1.86. The average Bonchev–Trinajstić information content (AvgIpc) is 2.73. The molecule has 0 spiro atoms. The van der Waals surface area contributed by atoms with Crippen LogP contribution in [0.5, 0.6) is 0 Å². The molecular weight excluding hydrogens is 497 g/mol. The van der Waals surface area contributed by atoms with Crippen LogP contribution in [0, 0.1) is 3.57 Å². The summed E-state index contributed by atoms with van der Waals surface area (Å²) < 4.78 is 2.60. The zero-order valence-electron chi connectivity index (χ0n) is 16.6. The van der Waals surface area contributed by atoms with Gasteiger partial charge in [0.05, 0.1) is 22.3 Å². The molecule has 1 heterocycles. The molecule has 152 valence electrons. The highest BCUT2D eigenvalue weighted by molar-refractivity contribution is 14.1. The Bertz CT molecular complexity index is 1050. The second-order valence-corrected chi connectivity index (χ2v) is 8.89. The van der Waals surface area contributed by atoms with Gasteiger partial charge in [-0.25, -0.2) is 4.98 Å². The minimum atomic E-state index is -0.117. The van der Waals surface area contributed by atoms with Gasteiger partial charge in [-0.3, -0.25) is 14.2 Å². The molecule has 1 aromatic heterocycles. The molecule has 0 bridgehead atoms. The van der Waals surface area contributed by atoms with Crippen LogP contribution >= 0.6 is 34.4 Å². The number of hydrogen-bond acceptors (Lipinski definition) is 4. The van der Waals surface area contributed by atoms with Crippen molar-refractivity contribution in [2.24, 2.45) is 0 Å². The summed E-state index contributed by atoms with van der Waals surface area (Å²) in [7, 11) is 0. The van der Waals surface area contributed by atoms with E-state index in [4.69, 9.17) is 4.98 Å². The van der Waals surface area contributed by atoms with Gasteiger partial charge >= 0.3 is 0 Å². The topological polar surface area (TPSA) is 55.2 Å². The average molecular weight is 521 g/mol. The SMILES string of the molecule is CCCN(CCC)C(=O)CSc1nc2ccc(I)cc2c(=O)n1-c1ccccc1. The normalized spacial score (nSPS) is 11.0. The van der Waals surface area contributed by atoms with Crippen molar-refractivity contribution >= 4 is 51.2 Å². The Kier molecular flexibility index (Phi) is 7.71. The van der Waals surface area contributed by atoms with Crippen molar-refractivity contribution in [2.75, 3.05) is 18.8 Å². The van der Waals surface area contributed by atoms with Gasteiger partial charge in [0.1, 0.15) is 0 Å². The quantitative estimate of drug-likeness (QED) is 0.244. The van der Waals surface area contributed by atoms with Crippen molar-refractivity contribution in [3.63, 3.8) is 0 Å². The molecule has 0 N–H and O–H groups in total. The molecule has 0 atom stereocenters. The van der Waals surface area contributed by atoms with E-state index in [2.05, 4.69) is 36.4 Å². The van der Waals surface area contributed by atoms with E-state index in [0.717, 1.165) is 35.2 Å². The number of thioether (sulfide) groups is 1. The Morgan fingerprint density at radius 3 is 2.45 bits per heavy atom. The highest BCUT2D eigenvalue weighted by Crippen LogP contribution is 2.22. The zero-order chi connectivity index (χ0) is 20.8. The van der Waals surface area contributed by atoms with Crippen LogP contribution in [0.25, 0.3) is 16.6 Å². The van der Waals surface area contributed by atoms with Crippen LogP contribution in [0.2, 0.25) is 0 Å². The van der Waals surface area contributed by atoms with Crippen molar-refractivity contribution in [3.05, 3.63) is 62.5 Å². The van der Waals surface area contributed by atoms with E-state index in [9.17, 15) is 9.59 Å². The third-order valence-electron chi connectivity index (χ3n) is 4.48. The molecule has 7 heteroatoms.